The average Bonchev–Trinajstić information content (AvgIpc) is 2.68. The van der Waals surface area contributed by atoms with E-state index in [2.05, 4.69) is 39.5 Å². The fraction of sp³-hybridized carbons (Fsp3) is 0.368. The average molecular weight is 341 g/mol. The zero-order valence-corrected chi connectivity index (χ0v) is 14.6. The minimum Gasteiger partial charge on any atom is -0.497 e. The van der Waals surface area contributed by atoms with Crippen LogP contribution in [0.4, 0.5) is 5.69 Å². The van der Waals surface area contributed by atoms with Gasteiger partial charge in [0.15, 0.2) is 0 Å². The van der Waals surface area contributed by atoms with Crippen molar-refractivity contribution in [3.05, 3.63) is 53.9 Å². The Labute approximate surface area is 147 Å². The highest BCUT2D eigenvalue weighted by Gasteiger charge is 2.15. The van der Waals surface area contributed by atoms with E-state index in [1.165, 1.54) is 5.69 Å². The van der Waals surface area contributed by atoms with E-state index >= 15 is 0 Å². The normalized spacial score (nSPS) is 15.5. The van der Waals surface area contributed by atoms with Crippen molar-refractivity contribution in [2.45, 2.75) is 13.0 Å². The van der Waals surface area contributed by atoms with E-state index < -0.39 is 0 Å². The molecule has 0 saturated carbocycles. The molecule has 1 aliphatic heterocycles. The number of ether oxygens (including phenoxy) is 2. The number of morpholine rings is 1. The lowest BCUT2D eigenvalue weighted by Crippen LogP contribution is -2.36. The predicted octanol–water partition coefficient (Wildman–Crippen LogP) is 2.42. The molecule has 2 heterocycles. The fourth-order valence-corrected chi connectivity index (χ4v) is 2.81. The first kappa shape index (κ1) is 17.2. The van der Waals surface area contributed by atoms with Crippen LogP contribution in [0.1, 0.15) is 29.0 Å². The molecule has 1 saturated heterocycles. The molecule has 1 aliphatic rings. The summed E-state index contributed by atoms with van der Waals surface area (Å²) in [5.74, 6) is 0.395. The Bertz CT molecular complexity index is 712. The maximum Gasteiger partial charge on any atom is 0.270 e. The Kier molecular flexibility index (Phi) is 5.50. The summed E-state index contributed by atoms with van der Waals surface area (Å²) in [6.45, 7) is 5.31. The molecule has 1 amide bonds. The van der Waals surface area contributed by atoms with Crippen LogP contribution in [-0.4, -0.2) is 44.3 Å². The van der Waals surface area contributed by atoms with Gasteiger partial charge in [-0.1, -0.05) is 12.1 Å². The van der Waals surface area contributed by atoms with Gasteiger partial charge >= 0.3 is 0 Å². The first-order valence-corrected chi connectivity index (χ1v) is 8.41. The van der Waals surface area contributed by atoms with Crippen LogP contribution in [0.15, 0.2) is 42.6 Å². The number of aromatic nitrogens is 1. The highest BCUT2D eigenvalue weighted by Crippen LogP contribution is 2.20. The fourth-order valence-electron chi connectivity index (χ4n) is 2.81. The third-order valence-corrected chi connectivity index (χ3v) is 4.32. The quantitative estimate of drug-likeness (QED) is 0.905. The van der Waals surface area contributed by atoms with Crippen LogP contribution in [0, 0.1) is 0 Å². The maximum absolute atomic E-state index is 12.4. The number of pyridine rings is 1. The Morgan fingerprint density at radius 1 is 1.24 bits per heavy atom. The molecule has 2 aromatic rings. The highest BCUT2D eigenvalue weighted by atomic mass is 16.5. The van der Waals surface area contributed by atoms with E-state index in [1.807, 2.05) is 6.92 Å². The summed E-state index contributed by atoms with van der Waals surface area (Å²) in [5, 5.41) is 2.97. The zero-order chi connectivity index (χ0) is 17.6. The van der Waals surface area contributed by atoms with Crippen LogP contribution in [0.3, 0.4) is 0 Å². The number of nitrogens with zero attached hydrogens (tertiary/aromatic N) is 2. The van der Waals surface area contributed by atoms with Gasteiger partial charge in [0.25, 0.3) is 5.91 Å². The topological polar surface area (TPSA) is 63.7 Å². The molecule has 3 rings (SSSR count). The summed E-state index contributed by atoms with van der Waals surface area (Å²) >= 11 is 0. The molecular weight excluding hydrogens is 318 g/mol. The molecular formula is C19H23N3O3. The number of amides is 1. The summed E-state index contributed by atoms with van der Waals surface area (Å²) in [6, 6.07) is 11.5. The van der Waals surface area contributed by atoms with Gasteiger partial charge < -0.3 is 19.7 Å². The molecule has 25 heavy (non-hydrogen) atoms. The van der Waals surface area contributed by atoms with Crippen molar-refractivity contribution >= 4 is 11.6 Å². The molecule has 0 spiro atoms. The van der Waals surface area contributed by atoms with E-state index in [4.69, 9.17) is 9.47 Å². The monoisotopic (exact) mass is 341 g/mol. The summed E-state index contributed by atoms with van der Waals surface area (Å²) < 4.78 is 10.5. The number of hydrogen-bond donors (Lipinski definition) is 1. The van der Waals surface area contributed by atoms with Crippen molar-refractivity contribution < 1.29 is 14.3 Å². The summed E-state index contributed by atoms with van der Waals surface area (Å²) in [5.41, 5.74) is 2.57. The minimum atomic E-state index is -0.219. The van der Waals surface area contributed by atoms with Gasteiger partial charge in [0.05, 0.1) is 26.4 Å². The van der Waals surface area contributed by atoms with Gasteiger partial charge in [-0.05, 0) is 30.7 Å². The SMILES string of the molecule is COc1ccnc(C(=O)NC(C)c2ccc(N3CCOCC3)cc2)c1. The summed E-state index contributed by atoms with van der Waals surface area (Å²) in [6.07, 6.45) is 1.57. The molecule has 0 bridgehead atoms. The van der Waals surface area contributed by atoms with Gasteiger partial charge in [-0.2, -0.15) is 0 Å². The summed E-state index contributed by atoms with van der Waals surface area (Å²) in [4.78, 5) is 18.8. The smallest absolute Gasteiger partial charge is 0.270 e. The lowest BCUT2D eigenvalue weighted by atomic mass is 10.1. The molecule has 1 N–H and O–H groups in total. The third-order valence-electron chi connectivity index (χ3n) is 4.32. The van der Waals surface area contributed by atoms with Crippen molar-refractivity contribution in [1.29, 1.82) is 0 Å². The molecule has 1 aromatic heterocycles. The van der Waals surface area contributed by atoms with E-state index in [9.17, 15) is 4.79 Å². The molecule has 0 radical (unpaired) electrons. The Morgan fingerprint density at radius 2 is 1.96 bits per heavy atom. The van der Waals surface area contributed by atoms with E-state index in [-0.39, 0.29) is 11.9 Å². The molecule has 6 heteroatoms. The van der Waals surface area contributed by atoms with Crippen LogP contribution >= 0.6 is 0 Å². The van der Waals surface area contributed by atoms with Crippen LogP contribution in [0.5, 0.6) is 5.75 Å². The van der Waals surface area contributed by atoms with Gasteiger partial charge in [-0.25, -0.2) is 0 Å². The van der Waals surface area contributed by atoms with Gasteiger partial charge in [0.1, 0.15) is 11.4 Å². The number of carbonyl (C=O) groups is 1. The van der Waals surface area contributed by atoms with Gasteiger partial charge in [0.2, 0.25) is 0 Å². The second-order valence-electron chi connectivity index (χ2n) is 5.97. The second kappa shape index (κ2) is 7.98. The van der Waals surface area contributed by atoms with Gasteiger partial charge in [0, 0.05) is 31.0 Å². The van der Waals surface area contributed by atoms with Crippen LogP contribution in [0.2, 0.25) is 0 Å². The molecule has 1 aromatic carbocycles. The van der Waals surface area contributed by atoms with Crippen LogP contribution in [-0.2, 0) is 4.74 Å². The number of nitrogens with one attached hydrogen (secondary N) is 1. The van der Waals surface area contributed by atoms with E-state index in [1.54, 1.807) is 25.4 Å². The number of anilines is 1. The number of methoxy groups -OCH3 is 1. The molecule has 6 nitrogen and oxygen atoms in total. The predicted molar refractivity (Wildman–Crippen MR) is 96.1 cm³/mol. The first-order chi connectivity index (χ1) is 12.2. The minimum absolute atomic E-state index is 0.112. The van der Waals surface area contributed by atoms with Gasteiger partial charge in [-0.15, -0.1) is 0 Å². The number of carbonyl (C=O) groups excluding carboxylic acids is 1. The van der Waals surface area contributed by atoms with Crippen molar-refractivity contribution in [2.24, 2.45) is 0 Å². The van der Waals surface area contributed by atoms with Crippen LogP contribution in [0.25, 0.3) is 0 Å². The Balaban J connectivity index is 1.64. The number of rotatable bonds is 5. The molecule has 1 unspecified atom stereocenters. The first-order valence-electron chi connectivity index (χ1n) is 8.41. The highest BCUT2D eigenvalue weighted by molar-refractivity contribution is 5.92. The zero-order valence-electron chi connectivity index (χ0n) is 14.6. The van der Waals surface area contributed by atoms with Crippen molar-refractivity contribution in [2.75, 3.05) is 38.3 Å². The number of hydrogen-bond acceptors (Lipinski definition) is 5. The van der Waals surface area contributed by atoms with Gasteiger partial charge in [-0.3, -0.25) is 9.78 Å². The molecule has 1 atom stereocenters. The lowest BCUT2D eigenvalue weighted by molar-refractivity contribution is 0.0934. The van der Waals surface area contributed by atoms with Crippen molar-refractivity contribution in [3.63, 3.8) is 0 Å². The van der Waals surface area contributed by atoms with E-state index in [0.717, 1.165) is 31.9 Å². The molecule has 132 valence electrons. The summed E-state index contributed by atoms with van der Waals surface area (Å²) in [7, 11) is 1.57. The Hall–Kier alpha value is -2.60. The molecule has 0 aliphatic carbocycles. The second-order valence-corrected chi connectivity index (χ2v) is 5.97. The lowest BCUT2D eigenvalue weighted by Gasteiger charge is -2.29. The third kappa shape index (κ3) is 4.28. The van der Waals surface area contributed by atoms with E-state index in [0.29, 0.717) is 11.4 Å². The number of benzene rings is 1. The Morgan fingerprint density at radius 3 is 2.64 bits per heavy atom. The maximum atomic E-state index is 12.4. The van der Waals surface area contributed by atoms with Crippen molar-refractivity contribution in [3.8, 4) is 5.75 Å². The van der Waals surface area contributed by atoms with Crippen molar-refractivity contribution in [1.82, 2.24) is 10.3 Å². The molecule has 1 fully saturated rings. The van der Waals surface area contributed by atoms with Crippen LogP contribution < -0.4 is 15.0 Å². The standard InChI is InChI=1S/C19H23N3O3/c1-14(21-19(23)18-13-17(24-2)7-8-20-18)15-3-5-16(6-4-15)22-9-11-25-12-10-22/h3-8,13-14H,9-12H2,1-2H3,(H,21,23). The largest absolute Gasteiger partial charge is 0.497 e.